The largest absolute Gasteiger partial charge is 0.449 e. The second-order valence-electron chi connectivity index (χ2n) is 8.44. The molecule has 172 valence electrons. The summed E-state index contributed by atoms with van der Waals surface area (Å²) in [5.74, 6) is -0.330. The number of para-hydroxylation sites is 1. The van der Waals surface area contributed by atoms with Gasteiger partial charge in [0.05, 0.1) is 11.6 Å². The molecule has 2 fully saturated rings. The van der Waals surface area contributed by atoms with Gasteiger partial charge in [0.15, 0.2) is 0 Å². The van der Waals surface area contributed by atoms with Gasteiger partial charge in [-0.1, -0.05) is 23.7 Å². The predicted octanol–water partition coefficient (Wildman–Crippen LogP) is 4.87. The van der Waals surface area contributed by atoms with E-state index in [-0.39, 0.29) is 17.6 Å². The zero-order valence-corrected chi connectivity index (χ0v) is 18.8. The van der Waals surface area contributed by atoms with E-state index in [9.17, 15) is 9.59 Å². The maximum atomic E-state index is 13.2. The Morgan fingerprint density at radius 2 is 1.88 bits per heavy atom. The van der Waals surface area contributed by atoms with Crippen molar-refractivity contribution in [2.24, 2.45) is 5.92 Å². The average Bonchev–Trinajstić information content (AvgIpc) is 3.50. The van der Waals surface area contributed by atoms with Crippen LogP contribution in [-0.4, -0.2) is 41.1 Å². The van der Waals surface area contributed by atoms with Crippen LogP contribution in [0.2, 0.25) is 5.02 Å². The molecular formula is C24H25ClN4O4. The molecule has 8 nitrogen and oxygen atoms in total. The third-order valence-electron chi connectivity index (χ3n) is 6.27. The van der Waals surface area contributed by atoms with Crippen LogP contribution in [0.4, 0.5) is 11.5 Å². The van der Waals surface area contributed by atoms with Gasteiger partial charge in [0.1, 0.15) is 17.1 Å². The molecule has 1 aliphatic heterocycles. The molecule has 9 heteroatoms. The molecule has 0 bridgehead atoms. The predicted molar refractivity (Wildman–Crippen MR) is 125 cm³/mol. The van der Waals surface area contributed by atoms with Crippen LogP contribution in [0.1, 0.15) is 42.7 Å². The summed E-state index contributed by atoms with van der Waals surface area (Å²) in [6.45, 7) is 1.74. The first-order valence-electron chi connectivity index (χ1n) is 11.2. The average molecular weight is 469 g/mol. The summed E-state index contributed by atoms with van der Waals surface area (Å²) in [6.07, 6.45) is 5.90. The highest BCUT2D eigenvalue weighted by Gasteiger charge is 2.32. The van der Waals surface area contributed by atoms with Crippen molar-refractivity contribution >= 4 is 45.9 Å². The summed E-state index contributed by atoms with van der Waals surface area (Å²) in [7, 11) is 0. The molecule has 2 aromatic heterocycles. The molecule has 0 atom stereocenters. The highest BCUT2D eigenvalue weighted by molar-refractivity contribution is 6.30. The Morgan fingerprint density at radius 3 is 2.61 bits per heavy atom. The van der Waals surface area contributed by atoms with Gasteiger partial charge >= 0.3 is 0 Å². The number of fused-ring (bicyclic) bond motifs is 1. The lowest BCUT2D eigenvalue weighted by molar-refractivity contribution is -0.151. The van der Waals surface area contributed by atoms with Crippen LogP contribution in [0.25, 0.3) is 11.0 Å². The van der Waals surface area contributed by atoms with E-state index in [1.807, 2.05) is 18.2 Å². The second kappa shape index (κ2) is 9.51. The van der Waals surface area contributed by atoms with Crippen molar-refractivity contribution < 1.29 is 18.8 Å². The van der Waals surface area contributed by atoms with E-state index in [0.29, 0.717) is 33.5 Å². The minimum absolute atomic E-state index is 0.0421. The van der Waals surface area contributed by atoms with Gasteiger partial charge in [0, 0.05) is 30.1 Å². The van der Waals surface area contributed by atoms with E-state index in [2.05, 4.69) is 20.7 Å². The molecule has 1 saturated heterocycles. The van der Waals surface area contributed by atoms with Crippen molar-refractivity contribution in [3.8, 4) is 0 Å². The van der Waals surface area contributed by atoms with Gasteiger partial charge in [-0.3, -0.25) is 14.4 Å². The number of pyridine rings is 1. The number of rotatable bonds is 5. The Kier molecular flexibility index (Phi) is 6.30. The fraction of sp³-hybridized carbons (Fsp3) is 0.375. The molecule has 3 aromatic rings. The number of aromatic nitrogens is 1. The minimum atomic E-state index is -0.494. The number of hydrogen-bond donors (Lipinski definition) is 2. The molecule has 1 saturated carbocycles. The third-order valence-corrected chi connectivity index (χ3v) is 6.50. The number of nitrogens with zero attached hydrogens (tertiary/aromatic N) is 2. The third kappa shape index (κ3) is 4.73. The second-order valence-corrected chi connectivity index (χ2v) is 8.88. The molecule has 2 amide bonds. The Morgan fingerprint density at radius 1 is 1.06 bits per heavy atom. The van der Waals surface area contributed by atoms with Crippen LogP contribution in [0.15, 0.2) is 47.0 Å². The van der Waals surface area contributed by atoms with Crippen molar-refractivity contribution in [2.45, 2.75) is 38.1 Å². The maximum absolute atomic E-state index is 13.2. The Hall–Kier alpha value is -2.94. The van der Waals surface area contributed by atoms with Crippen molar-refractivity contribution in [2.75, 3.05) is 23.8 Å². The molecule has 3 heterocycles. The summed E-state index contributed by atoms with van der Waals surface area (Å²) in [5, 5.41) is 8.91. The monoisotopic (exact) mass is 468 g/mol. The van der Waals surface area contributed by atoms with Crippen molar-refractivity contribution in [3.63, 3.8) is 0 Å². The number of carbonyl (C=O) groups excluding carboxylic acids is 2. The maximum Gasteiger partial charge on any atom is 0.294 e. The van der Waals surface area contributed by atoms with E-state index in [0.717, 1.165) is 45.3 Å². The zero-order valence-electron chi connectivity index (χ0n) is 18.1. The van der Waals surface area contributed by atoms with Gasteiger partial charge in [-0.05, 0) is 56.4 Å². The Labute approximate surface area is 196 Å². The Balaban J connectivity index is 1.32. The zero-order chi connectivity index (χ0) is 22.8. The summed E-state index contributed by atoms with van der Waals surface area (Å²) >= 11 is 5.87. The molecular weight excluding hydrogens is 444 g/mol. The summed E-state index contributed by atoms with van der Waals surface area (Å²) < 4.78 is 5.83. The summed E-state index contributed by atoms with van der Waals surface area (Å²) in [5.41, 5.74) is 0.906. The van der Waals surface area contributed by atoms with E-state index in [4.69, 9.17) is 20.9 Å². The van der Waals surface area contributed by atoms with E-state index in [1.165, 1.54) is 6.20 Å². The quantitative estimate of drug-likeness (QED) is 0.554. The van der Waals surface area contributed by atoms with Crippen LogP contribution in [0.5, 0.6) is 0 Å². The number of benzene rings is 1. The van der Waals surface area contributed by atoms with Gasteiger partial charge in [0.2, 0.25) is 11.7 Å². The van der Waals surface area contributed by atoms with Crippen LogP contribution < -0.4 is 10.6 Å². The lowest BCUT2D eigenvalue weighted by Crippen LogP contribution is -2.37. The minimum Gasteiger partial charge on any atom is -0.449 e. The molecule has 0 unspecified atom stereocenters. The summed E-state index contributed by atoms with van der Waals surface area (Å²) in [6, 6.07) is 10.9. The van der Waals surface area contributed by atoms with Crippen LogP contribution >= 0.6 is 11.6 Å². The fourth-order valence-corrected chi connectivity index (χ4v) is 4.67. The SMILES string of the molecule is O=C(Nc1ccc(Cl)cn1)c1oc2ccccc2c1NC(=O)C1CCC(N2CCCO2)CC1. The van der Waals surface area contributed by atoms with Gasteiger partial charge in [-0.25, -0.2) is 4.98 Å². The molecule has 2 aliphatic rings. The van der Waals surface area contributed by atoms with Crippen molar-refractivity contribution in [3.05, 3.63) is 53.4 Å². The van der Waals surface area contributed by atoms with Gasteiger partial charge in [-0.15, -0.1) is 0 Å². The van der Waals surface area contributed by atoms with Crippen LogP contribution in [-0.2, 0) is 9.63 Å². The number of hydroxylamine groups is 2. The molecule has 33 heavy (non-hydrogen) atoms. The molecule has 0 radical (unpaired) electrons. The first kappa shape index (κ1) is 21.9. The molecule has 2 N–H and O–H groups in total. The van der Waals surface area contributed by atoms with Gasteiger partial charge in [0.25, 0.3) is 5.91 Å². The lowest BCUT2D eigenvalue weighted by atomic mass is 9.85. The molecule has 5 rings (SSSR count). The van der Waals surface area contributed by atoms with E-state index < -0.39 is 5.91 Å². The first-order valence-corrected chi connectivity index (χ1v) is 11.6. The number of carbonyl (C=O) groups is 2. The van der Waals surface area contributed by atoms with Crippen molar-refractivity contribution in [1.29, 1.82) is 0 Å². The van der Waals surface area contributed by atoms with E-state index in [1.54, 1.807) is 18.2 Å². The number of halogens is 1. The highest BCUT2D eigenvalue weighted by atomic mass is 35.5. The smallest absolute Gasteiger partial charge is 0.294 e. The fourth-order valence-electron chi connectivity index (χ4n) is 4.56. The van der Waals surface area contributed by atoms with E-state index >= 15 is 0 Å². The standard InChI is InChI=1S/C24H25ClN4O4/c25-16-8-11-20(26-14-16)27-24(31)22-21(18-4-1-2-5-19(18)33-22)28-23(30)15-6-9-17(10-7-15)29-12-3-13-32-29/h1-2,4-5,8,11,14-15,17H,3,6-7,9-10,12-13H2,(H,28,30)(H,26,27,31). The number of amides is 2. The van der Waals surface area contributed by atoms with Gasteiger partial charge < -0.3 is 15.1 Å². The van der Waals surface area contributed by atoms with Crippen molar-refractivity contribution in [1.82, 2.24) is 10.0 Å². The number of hydrogen-bond acceptors (Lipinski definition) is 6. The normalized spacial score (nSPS) is 21.2. The topological polar surface area (TPSA) is 96.7 Å². The van der Waals surface area contributed by atoms with Crippen LogP contribution in [0, 0.1) is 5.92 Å². The summed E-state index contributed by atoms with van der Waals surface area (Å²) in [4.78, 5) is 35.9. The highest BCUT2D eigenvalue weighted by Crippen LogP contribution is 2.34. The van der Waals surface area contributed by atoms with Crippen LogP contribution in [0.3, 0.4) is 0 Å². The molecule has 1 aromatic carbocycles. The number of nitrogens with one attached hydrogen (secondary N) is 2. The lowest BCUT2D eigenvalue weighted by Gasteiger charge is -2.32. The molecule has 1 aliphatic carbocycles. The number of furan rings is 1. The molecule has 0 spiro atoms. The first-order chi connectivity index (χ1) is 16.1. The van der Waals surface area contributed by atoms with Gasteiger partial charge in [-0.2, -0.15) is 5.06 Å². The number of anilines is 2. The Bertz CT molecular complexity index is 1150.